The predicted molar refractivity (Wildman–Crippen MR) is 122 cm³/mol. The summed E-state index contributed by atoms with van der Waals surface area (Å²) in [5.74, 6) is -0.465. The summed E-state index contributed by atoms with van der Waals surface area (Å²) in [6, 6.07) is 13.0. The number of sulfone groups is 1. The van der Waals surface area contributed by atoms with Crippen LogP contribution >= 0.6 is 11.6 Å². The molecule has 0 saturated carbocycles. The third-order valence-corrected chi connectivity index (χ3v) is 7.34. The number of rotatable bonds is 5. The number of nitrogens with zero attached hydrogens (tertiary/aromatic N) is 1. The molecule has 162 valence electrons. The number of hydrogen-bond acceptors (Lipinski definition) is 4. The van der Waals surface area contributed by atoms with E-state index in [4.69, 9.17) is 11.6 Å². The van der Waals surface area contributed by atoms with Crippen molar-refractivity contribution < 1.29 is 13.2 Å². The Balaban J connectivity index is 1.98. The van der Waals surface area contributed by atoms with Crippen LogP contribution in [0.3, 0.4) is 0 Å². The van der Waals surface area contributed by atoms with E-state index in [1.54, 1.807) is 50.2 Å². The second-order valence-corrected chi connectivity index (χ2v) is 9.81. The number of amides is 1. The summed E-state index contributed by atoms with van der Waals surface area (Å²) >= 11 is 6.09. The summed E-state index contributed by atoms with van der Waals surface area (Å²) < 4.78 is 27.5. The van der Waals surface area contributed by atoms with Gasteiger partial charge in [0.2, 0.25) is 15.7 Å². The molecule has 3 aromatic rings. The first-order valence-electron chi connectivity index (χ1n) is 9.59. The lowest BCUT2D eigenvalue weighted by Gasteiger charge is -2.15. The number of pyridine rings is 1. The van der Waals surface area contributed by atoms with Crippen molar-refractivity contribution >= 4 is 33.0 Å². The molecule has 6 nitrogen and oxygen atoms in total. The molecule has 1 N–H and O–H groups in total. The highest BCUT2D eigenvalue weighted by atomic mass is 35.5. The smallest absolute Gasteiger partial charge is 0.270 e. The van der Waals surface area contributed by atoms with Crippen LogP contribution in [0.15, 0.2) is 63.1 Å². The summed E-state index contributed by atoms with van der Waals surface area (Å²) in [4.78, 5) is 25.4. The lowest BCUT2D eigenvalue weighted by molar-refractivity contribution is -0.116. The zero-order valence-corrected chi connectivity index (χ0v) is 19.3. The number of aromatic nitrogens is 1. The third kappa shape index (κ3) is 4.73. The van der Waals surface area contributed by atoms with Crippen molar-refractivity contribution in [2.75, 3.05) is 5.32 Å². The van der Waals surface area contributed by atoms with E-state index in [0.717, 1.165) is 11.1 Å². The standard InChI is InChI=1S/C23H23ClN2O4S/c1-14-5-9-19(10-6-14)31(29,30)22-16(3)11-17(4)26(23(22)28)13-21(27)25-18-8-7-15(2)20(24)12-18/h5-12H,13H2,1-4H3,(H,25,27). The molecule has 0 bridgehead atoms. The largest absolute Gasteiger partial charge is 0.324 e. The molecule has 0 aliphatic carbocycles. The quantitative estimate of drug-likeness (QED) is 0.620. The summed E-state index contributed by atoms with van der Waals surface area (Å²) in [5, 5.41) is 3.20. The lowest BCUT2D eigenvalue weighted by Crippen LogP contribution is -2.33. The van der Waals surface area contributed by atoms with Crippen molar-refractivity contribution in [3.63, 3.8) is 0 Å². The Bertz CT molecular complexity index is 1330. The monoisotopic (exact) mass is 458 g/mol. The van der Waals surface area contributed by atoms with E-state index in [9.17, 15) is 18.0 Å². The van der Waals surface area contributed by atoms with Crippen LogP contribution in [-0.4, -0.2) is 18.9 Å². The topological polar surface area (TPSA) is 85.2 Å². The Morgan fingerprint density at radius 3 is 2.23 bits per heavy atom. The highest BCUT2D eigenvalue weighted by Gasteiger charge is 2.26. The van der Waals surface area contributed by atoms with Crippen LogP contribution in [0.1, 0.15) is 22.4 Å². The van der Waals surface area contributed by atoms with Crippen LogP contribution < -0.4 is 10.9 Å². The second kappa shape index (κ2) is 8.69. The minimum Gasteiger partial charge on any atom is -0.324 e. The highest BCUT2D eigenvalue weighted by molar-refractivity contribution is 7.91. The number of halogens is 1. The molecule has 0 atom stereocenters. The summed E-state index contributed by atoms with van der Waals surface area (Å²) in [7, 11) is -4.04. The molecule has 1 amide bonds. The molecule has 0 aliphatic heterocycles. The molecule has 0 aliphatic rings. The first-order chi connectivity index (χ1) is 14.5. The molecule has 0 unspecified atom stereocenters. The molecule has 3 rings (SSSR count). The fourth-order valence-corrected chi connectivity index (χ4v) is 5.02. The van der Waals surface area contributed by atoms with Crippen LogP contribution in [0.25, 0.3) is 0 Å². The maximum absolute atomic E-state index is 13.2. The molecular weight excluding hydrogens is 436 g/mol. The van der Waals surface area contributed by atoms with Gasteiger partial charge in [0.05, 0.1) is 4.90 Å². The maximum atomic E-state index is 13.2. The fourth-order valence-electron chi connectivity index (χ4n) is 3.28. The van der Waals surface area contributed by atoms with Gasteiger partial charge in [-0.1, -0.05) is 35.4 Å². The van der Waals surface area contributed by atoms with Crippen molar-refractivity contribution in [1.29, 1.82) is 0 Å². The van der Waals surface area contributed by atoms with Gasteiger partial charge in [0.15, 0.2) is 0 Å². The summed E-state index contributed by atoms with van der Waals surface area (Å²) in [6.07, 6.45) is 0. The number of nitrogens with one attached hydrogen (secondary N) is 1. The van der Waals surface area contributed by atoms with Crippen LogP contribution in [-0.2, 0) is 21.2 Å². The van der Waals surface area contributed by atoms with E-state index in [0.29, 0.717) is 22.0 Å². The minimum atomic E-state index is -4.04. The number of carbonyl (C=O) groups is 1. The molecule has 0 radical (unpaired) electrons. The van der Waals surface area contributed by atoms with Crippen molar-refractivity contribution in [2.45, 2.75) is 44.0 Å². The van der Waals surface area contributed by atoms with Crippen LogP contribution in [0.5, 0.6) is 0 Å². The van der Waals surface area contributed by atoms with E-state index in [1.165, 1.54) is 16.7 Å². The van der Waals surface area contributed by atoms with Gasteiger partial charge in [-0.25, -0.2) is 8.42 Å². The Hall–Kier alpha value is -2.90. The zero-order valence-electron chi connectivity index (χ0n) is 17.7. The van der Waals surface area contributed by atoms with Gasteiger partial charge in [0.1, 0.15) is 11.4 Å². The Kier molecular flexibility index (Phi) is 6.38. The van der Waals surface area contributed by atoms with E-state index < -0.39 is 21.3 Å². The van der Waals surface area contributed by atoms with Crippen LogP contribution in [0.2, 0.25) is 5.02 Å². The fraction of sp³-hybridized carbons (Fsp3) is 0.217. The van der Waals surface area contributed by atoms with Gasteiger partial charge in [0.25, 0.3) is 5.56 Å². The summed E-state index contributed by atoms with van der Waals surface area (Å²) in [6.45, 7) is 6.60. The van der Waals surface area contributed by atoms with E-state index in [-0.39, 0.29) is 16.3 Å². The molecule has 1 heterocycles. The average molecular weight is 459 g/mol. The van der Waals surface area contributed by atoms with Gasteiger partial charge in [0, 0.05) is 16.4 Å². The number of carbonyl (C=O) groups excluding carboxylic acids is 1. The molecule has 31 heavy (non-hydrogen) atoms. The lowest BCUT2D eigenvalue weighted by atomic mass is 10.2. The van der Waals surface area contributed by atoms with Crippen LogP contribution in [0.4, 0.5) is 5.69 Å². The molecule has 0 saturated heterocycles. The minimum absolute atomic E-state index is 0.0347. The third-order valence-electron chi connectivity index (χ3n) is 5.01. The van der Waals surface area contributed by atoms with Crippen LogP contribution in [0, 0.1) is 27.7 Å². The van der Waals surface area contributed by atoms with Crippen molar-refractivity contribution in [2.24, 2.45) is 0 Å². The number of hydrogen-bond donors (Lipinski definition) is 1. The highest BCUT2D eigenvalue weighted by Crippen LogP contribution is 2.23. The van der Waals surface area contributed by atoms with Gasteiger partial charge < -0.3 is 9.88 Å². The van der Waals surface area contributed by atoms with E-state index >= 15 is 0 Å². The van der Waals surface area contributed by atoms with Gasteiger partial charge in [-0.2, -0.15) is 0 Å². The average Bonchev–Trinajstić information content (AvgIpc) is 2.68. The number of aryl methyl sites for hydroxylation is 4. The molecule has 0 fully saturated rings. The first-order valence-corrected chi connectivity index (χ1v) is 11.5. The number of anilines is 1. The zero-order chi connectivity index (χ0) is 22.9. The van der Waals surface area contributed by atoms with Gasteiger partial charge >= 0.3 is 0 Å². The second-order valence-electron chi connectivity index (χ2n) is 7.52. The SMILES string of the molecule is Cc1ccc(S(=O)(=O)c2c(C)cc(C)n(CC(=O)Nc3ccc(C)c(Cl)c3)c2=O)cc1. The number of benzene rings is 2. The van der Waals surface area contributed by atoms with Crippen molar-refractivity contribution in [3.8, 4) is 0 Å². The molecule has 1 aromatic heterocycles. The van der Waals surface area contributed by atoms with Crippen molar-refractivity contribution in [3.05, 3.63) is 86.3 Å². The molecule has 8 heteroatoms. The Labute approximate surface area is 186 Å². The summed E-state index contributed by atoms with van der Waals surface area (Å²) in [5.41, 5.74) is 2.37. The van der Waals surface area contributed by atoms with E-state index in [2.05, 4.69) is 5.32 Å². The molecule has 0 spiro atoms. The van der Waals surface area contributed by atoms with Gasteiger partial charge in [-0.15, -0.1) is 0 Å². The molecular formula is C23H23ClN2O4S. The molecule has 2 aromatic carbocycles. The normalized spacial score (nSPS) is 11.4. The Morgan fingerprint density at radius 1 is 0.968 bits per heavy atom. The first kappa shape index (κ1) is 22.8. The van der Waals surface area contributed by atoms with Crippen molar-refractivity contribution in [1.82, 2.24) is 4.57 Å². The van der Waals surface area contributed by atoms with Gasteiger partial charge in [-0.3, -0.25) is 9.59 Å². The maximum Gasteiger partial charge on any atom is 0.270 e. The predicted octanol–water partition coefficient (Wildman–Crippen LogP) is 4.21. The van der Waals surface area contributed by atoms with E-state index in [1.807, 2.05) is 13.8 Å². The Morgan fingerprint density at radius 2 is 1.61 bits per heavy atom. The van der Waals surface area contributed by atoms with Gasteiger partial charge in [-0.05, 0) is 69.2 Å².